The zero-order valence-corrected chi connectivity index (χ0v) is 9.80. The summed E-state index contributed by atoms with van der Waals surface area (Å²) in [5, 5.41) is 7.73. The van der Waals surface area contributed by atoms with Gasteiger partial charge in [-0.3, -0.25) is 0 Å². The number of carbonyl (C=O) groups is 1. The number of esters is 1. The van der Waals surface area contributed by atoms with Gasteiger partial charge in [0.25, 0.3) is 0 Å². The summed E-state index contributed by atoms with van der Waals surface area (Å²) in [4.78, 5) is 11.5. The molecule has 0 radical (unpaired) electrons. The number of rotatable bonds is 3. The van der Waals surface area contributed by atoms with Gasteiger partial charge < -0.3 is 4.74 Å². The quantitative estimate of drug-likeness (QED) is 0.674. The zero-order chi connectivity index (χ0) is 14.1. The summed E-state index contributed by atoms with van der Waals surface area (Å²) in [5.74, 6) is -5.81. The van der Waals surface area contributed by atoms with Crippen LogP contribution in [0.5, 0.6) is 0 Å². The van der Waals surface area contributed by atoms with Crippen LogP contribution in [0.4, 0.5) is 17.6 Å². The third kappa shape index (κ3) is 2.96. The molecule has 0 spiro atoms. The minimum atomic E-state index is -4.57. The van der Waals surface area contributed by atoms with E-state index in [0.29, 0.717) is 0 Å². The third-order valence-electron chi connectivity index (χ3n) is 1.73. The molecule has 1 N–H and O–H groups in total. The average molecular weight is 269 g/mol. The molecule has 0 aliphatic rings. The van der Waals surface area contributed by atoms with Gasteiger partial charge in [0.2, 0.25) is 0 Å². The fraction of sp³-hybridized carbons (Fsp3) is 0.667. The van der Waals surface area contributed by atoms with Gasteiger partial charge in [0.1, 0.15) is 5.60 Å². The minimum Gasteiger partial charge on any atom is -0.455 e. The second-order valence-electron chi connectivity index (χ2n) is 4.45. The van der Waals surface area contributed by atoms with E-state index in [4.69, 9.17) is 4.74 Å². The summed E-state index contributed by atoms with van der Waals surface area (Å²) < 4.78 is 55.3. The van der Waals surface area contributed by atoms with Crippen LogP contribution < -0.4 is 0 Å². The van der Waals surface area contributed by atoms with Gasteiger partial charge in [0.15, 0.2) is 11.4 Å². The molecule has 1 heterocycles. The third-order valence-corrected chi connectivity index (χ3v) is 1.73. The van der Waals surface area contributed by atoms with E-state index in [-0.39, 0.29) is 0 Å². The van der Waals surface area contributed by atoms with E-state index in [1.165, 1.54) is 20.8 Å². The van der Waals surface area contributed by atoms with Crippen molar-refractivity contribution in [2.45, 2.75) is 38.7 Å². The smallest absolute Gasteiger partial charge is 0.361 e. The molecule has 1 aromatic heterocycles. The van der Waals surface area contributed by atoms with Crippen LogP contribution in [0.3, 0.4) is 0 Å². The van der Waals surface area contributed by atoms with E-state index in [1.807, 2.05) is 0 Å². The number of halogens is 4. The van der Waals surface area contributed by atoms with Gasteiger partial charge >= 0.3 is 18.3 Å². The van der Waals surface area contributed by atoms with Gasteiger partial charge in [0, 0.05) is 0 Å². The van der Waals surface area contributed by atoms with Crippen molar-refractivity contribution < 1.29 is 27.1 Å². The molecule has 18 heavy (non-hydrogen) atoms. The number of nitrogens with one attached hydrogen (secondary N) is 1. The number of aromatic amines is 1. The molecule has 9 heteroatoms. The van der Waals surface area contributed by atoms with Crippen molar-refractivity contribution in [2.24, 2.45) is 0 Å². The summed E-state index contributed by atoms with van der Waals surface area (Å²) in [6.07, 6.45) is -4.00. The molecule has 1 aromatic rings. The second kappa shape index (κ2) is 4.54. The fourth-order valence-corrected chi connectivity index (χ4v) is 1.04. The molecular weight excluding hydrogens is 258 g/mol. The highest BCUT2D eigenvalue weighted by atomic mass is 19.3. The molecule has 0 aliphatic carbocycles. The first-order valence-corrected chi connectivity index (χ1v) is 4.86. The van der Waals surface area contributed by atoms with Crippen LogP contribution in [-0.2, 0) is 10.7 Å². The number of hydrogen-bond acceptors (Lipinski definition) is 4. The molecule has 5 nitrogen and oxygen atoms in total. The molecule has 0 saturated heterocycles. The predicted octanol–water partition coefficient (Wildman–Crippen LogP) is 2.12. The molecule has 0 fully saturated rings. The number of hydrogen-bond donors (Lipinski definition) is 1. The van der Waals surface area contributed by atoms with Crippen LogP contribution in [-0.4, -0.2) is 33.4 Å². The van der Waals surface area contributed by atoms with Crippen molar-refractivity contribution in [3.8, 4) is 0 Å². The SMILES string of the molecule is CC(C)(C)OC(=O)c1n[nH]nc1C(F)(F)C(F)F. The number of carbonyl (C=O) groups excluding carboxylic acids is 1. The molecule has 102 valence electrons. The number of H-pyrrole nitrogens is 1. The normalized spacial score (nSPS) is 12.9. The Morgan fingerprint density at radius 1 is 1.28 bits per heavy atom. The Kier molecular flexibility index (Phi) is 3.63. The molecule has 0 bridgehead atoms. The van der Waals surface area contributed by atoms with E-state index in [2.05, 4.69) is 10.2 Å². The lowest BCUT2D eigenvalue weighted by atomic mass is 10.1. The van der Waals surface area contributed by atoms with E-state index in [1.54, 1.807) is 5.21 Å². The zero-order valence-electron chi connectivity index (χ0n) is 9.80. The Morgan fingerprint density at radius 2 is 1.83 bits per heavy atom. The van der Waals surface area contributed by atoms with E-state index >= 15 is 0 Å². The van der Waals surface area contributed by atoms with Crippen LogP contribution in [0.25, 0.3) is 0 Å². The van der Waals surface area contributed by atoms with Crippen molar-refractivity contribution in [3.63, 3.8) is 0 Å². The van der Waals surface area contributed by atoms with Crippen molar-refractivity contribution in [1.29, 1.82) is 0 Å². The largest absolute Gasteiger partial charge is 0.455 e. The number of ether oxygens (including phenoxy) is 1. The van der Waals surface area contributed by atoms with Crippen LogP contribution in [0.2, 0.25) is 0 Å². The number of alkyl halides is 4. The van der Waals surface area contributed by atoms with E-state index in [0.717, 1.165) is 0 Å². The van der Waals surface area contributed by atoms with Gasteiger partial charge in [-0.1, -0.05) is 0 Å². The first-order chi connectivity index (χ1) is 8.05. The molecule has 0 amide bonds. The van der Waals surface area contributed by atoms with Gasteiger partial charge in [-0.25, -0.2) is 13.6 Å². The Balaban J connectivity index is 3.07. The Bertz CT molecular complexity index is 439. The maximum absolute atomic E-state index is 13.1. The van der Waals surface area contributed by atoms with Crippen LogP contribution in [0.1, 0.15) is 37.0 Å². The Hall–Kier alpha value is -1.67. The predicted molar refractivity (Wildman–Crippen MR) is 51.4 cm³/mol. The van der Waals surface area contributed by atoms with Crippen molar-refractivity contribution >= 4 is 5.97 Å². The van der Waals surface area contributed by atoms with Crippen LogP contribution >= 0.6 is 0 Å². The summed E-state index contributed by atoms with van der Waals surface area (Å²) >= 11 is 0. The molecule has 0 saturated carbocycles. The summed E-state index contributed by atoms with van der Waals surface area (Å²) in [6.45, 7) is 4.49. The summed E-state index contributed by atoms with van der Waals surface area (Å²) in [7, 11) is 0. The lowest BCUT2D eigenvalue weighted by molar-refractivity contribution is -0.138. The fourth-order valence-electron chi connectivity index (χ4n) is 1.04. The van der Waals surface area contributed by atoms with Crippen molar-refractivity contribution in [3.05, 3.63) is 11.4 Å². The highest BCUT2D eigenvalue weighted by Crippen LogP contribution is 2.34. The lowest BCUT2D eigenvalue weighted by Crippen LogP contribution is -2.29. The average Bonchev–Trinajstić information content (AvgIpc) is 2.62. The monoisotopic (exact) mass is 269 g/mol. The van der Waals surface area contributed by atoms with Gasteiger partial charge in [0.05, 0.1) is 0 Å². The maximum atomic E-state index is 13.1. The topological polar surface area (TPSA) is 67.9 Å². The van der Waals surface area contributed by atoms with Gasteiger partial charge in [-0.2, -0.15) is 19.1 Å². The Morgan fingerprint density at radius 3 is 2.28 bits per heavy atom. The van der Waals surface area contributed by atoms with E-state index < -0.39 is 35.3 Å². The summed E-state index contributed by atoms with van der Waals surface area (Å²) in [6, 6.07) is 0. The van der Waals surface area contributed by atoms with Crippen molar-refractivity contribution in [1.82, 2.24) is 15.4 Å². The van der Waals surface area contributed by atoms with Crippen molar-refractivity contribution in [2.75, 3.05) is 0 Å². The maximum Gasteiger partial charge on any atom is 0.361 e. The molecule has 0 aliphatic heterocycles. The van der Waals surface area contributed by atoms with Crippen LogP contribution in [0.15, 0.2) is 0 Å². The summed E-state index contributed by atoms with van der Waals surface area (Å²) in [5.41, 5.74) is -3.34. The minimum absolute atomic E-state index is 0.949. The standard InChI is InChI=1S/C9H11F4N3O2/c1-8(2,3)18-6(17)4-5(15-16-14-4)9(12,13)7(10)11/h7H,1-3H3,(H,14,15,16). The van der Waals surface area contributed by atoms with E-state index in [9.17, 15) is 22.4 Å². The first-order valence-electron chi connectivity index (χ1n) is 4.86. The van der Waals surface area contributed by atoms with Gasteiger partial charge in [-0.05, 0) is 20.8 Å². The second-order valence-corrected chi connectivity index (χ2v) is 4.45. The molecular formula is C9H11F4N3O2. The molecule has 0 unspecified atom stereocenters. The highest BCUT2D eigenvalue weighted by molar-refractivity contribution is 5.88. The van der Waals surface area contributed by atoms with Gasteiger partial charge in [-0.15, -0.1) is 5.10 Å². The molecule has 1 rings (SSSR count). The number of aromatic nitrogens is 3. The highest BCUT2D eigenvalue weighted by Gasteiger charge is 2.49. The Labute approximate surface area is 99.5 Å². The number of nitrogens with zero attached hydrogens (tertiary/aromatic N) is 2. The first kappa shape index (κ1) is 14.4. The van der Waals surface area contributed by atoms with Crippen LogP contribution in [0, 0.1) is 0 Å². The lowest BCUT2D eigenvalue weighted by Gasteiger charge is -2.19. The molecule has 0 aromatic carbocycles. The molecule has 0 atom stereocenters.